The normalized spacial score (nSPS) is 11.2. The van der Waals surface area contributed by atoms with Crippen LogP contribution in [0.2, 0.25) is 0 Å². The number of benzene rings is 1. The van der Waals surface area contributed by atoms with Gasteiger partial charge in [-0.3, -0.25) is 14.5 Å². The highest BCUT2D eigenvalue weighted by Gasteiger charge is 2.15. The minimum Gasteiger partial charge on any atom is -0.354 e. The van der Waals surface area contributed by atoms with Gasteiger partial charge in [-0.15, -0.1) is 0 Å². The maximum Gasteiger partial charge on any atom is 0.267 e. The summed E-state index contributed by atoms with van der Waals surface area (Å²) in [7, 11) is 0. The summed E-state index contributed by atoms with van der Waals surface area (Å²) in [5.74, 6) is 0.517. The largest absolute Gasteiger partial charge is 0.354 e. The number of fused-ring (bicyclic) bond motifs is 3. The second-order valence-electron chi connectivity index (χ2n) is 5.85. The van der Waals surface area contributed by atoms with Crippen LogP contribution in [0.15, 0.2) is 47.5 Å². The Kier molecular flexibility index (Phi) is 3.89. The lowest BCUT2D eigenvalue weighted by Gasteiger charge is -2.11. The van der Waals surface area contributed by atoms with E-state index >= 15 is 0 Å². The molecule has 0 radical (unpaired) electrons. The molecule has 0 unspecified atom stereocenters. The van der Waals surface area contributed by atoms with Crippen LogP contribution in [0.3, 0.4) is 0 Å². The molecular formula is C18H18N6O. The van der Waals surface area contributed by atoms with E-state index in [1.807, 2.05) is 30.3 Å². The molecule has 0 saturated heterocycles. The second-order valence-corrected chi connectivity index (χ2v) is 5.85. The third-order valence-electron chi connectivity index (χ3n) is 4.15. The quantitative estimate of drug-likeness (QED) is 0.548. The Bertz CT molecular complexity index is 1080. The van der Waals surface area contributed by atoms with E-state index < -0.39 is 0 Å². The first-order valence-corrected chi connectivity index (χ1v) is 8.33. The molecule has 25 heavy (non-hydrogen) atoms. The Hall–Kier alpha value is -3.22. The summed E-state index contributed by atoms with van der Waals surface area (Å²) >= 11 is 0. The molecule has 0 aliphatic rings. The van der Waals surface area contributed by atoms with Crippen molar-refractivity contribution in [3.8, 4) is 5.69 Å². The molecule has 0 aliphatic carbocycles. The van der Waals surface area contributed by atoms with Gasteiger partial charge in [0.05, 0.1) is 28.2 Å². The maximum absolute atomic E-state index is 13.0. The smallest absolute Gasteiger partial charge is 0.267 e. The van der Waals surface area contributed by atoms with Crippen molar-refractivity contribution in [3.63, 3.8) is 0 Å². The first-order chi connectivity index (χ1) is 12.3. The zero-order valence-electron chi connectivity index (χ0n) is 13.9. The third-order valence-corrected chi connectivity index (χ3v) is 4.15. The van der Waals surface area contributed by atoms with Crippen LogP contribution in [0.5, 0.6) is 0 Å². The zero-order chi connectivity index (χ0) is 17.2. The molecule has 0 aliphatic heterocycles. The number of H-pyrrole nitrogens is 1. The minimum absolute atomic E-state index is 0.152. The molecule has 0 atom stereocenters. The molecule has 1 aromatic carbocycles. The van der Waals surface area contributed by atoms with Crippen LogP contribution in [0.25, 0.3) is 27.6 Å². The van der Waals surface area contributed by atoms with Crippen molar-refractivity contribution >= 4 is 27.9 Å². The maximum atomic E-state index is 13.0. The standard InChI is InChI=1S/C18H18N6O/c1-2-3-9-19-18-20-10-13-15-14(11-21-23-15)17(25)24(16(13)22-18)12-7-5-4-6-8-12/h4-8,10-11H,2-3,9H2,1H3,(H,21,23)(H,19,20,22). The van der Waals surface area contributed by atoms with E-state index in [0.29, 0.717) is 22.5 Å². The van der Waals surface area contributed by atoms with Crippen LogP contribution in [0, 0.1) is 0 Å². The van der Waals surface area contributed by atoms with Crippen LogP contribution in [0.4, 0.5) is 5.95 Å². The van der Waals surface area contributed by atoms with Crippen molar-refractivity contribution in [1.82, 2.24) is 24.7 Å². The minimum atomic E-state index is -0.152. The lowest BCUT2D eigenvalue weighted by atomic mass is 10.2. The number of hydrogen-bond acceptors (Lipinski definition) is 5. The van der Waals surface area contributed by atoms with Crippen molar-refractivity contribution in [2.24, 2.45) is 0 Å². The summed E-state index contributed by atoms with van der Waals surface area (Å²) in [5.41, 5.74) is 1.83. The van der Waals surface area contributed by atoms with Crippen LogP contribution >= 0.6 is 0 Å². The van der Waals surface area contributed by atoms with E-state index in [1.54, 1.807) is 17.0 Å². The third kappa shape index (κ3) is 2.63. The first kappa shape index (κ1) is 15.3. The molecule has 0 bridgehead atoms. The van der Waals surface area contributed by atoms with Gasteiger partial charge in [0.15, 0.2) is 5.65 Å². The van der Waals surface area contributed by atoms with Crippen LogP contribution in [0.1, 0.15) is 19.8 Å². The Morgan fingerprint density at radius 3 is 2.80 bits per heavy atom. The Morgan fingerprint density at radius 1 is 1.16 bits per heavy atom. The highest BCUT2D eigenvalue weighted by molar-refractivity contribution is 6.02. The zero-order valence-corrected chi connectivity index (χ0v) is 13.9. The van der Waals surface area contributed by atoms with Gasteiger partial charge in [-0.05, 0) is 18.6 Å². The molecule has 7 nitrogen and oxygen atoms in total. The van der Waals surface area contributed by atoms with Gasteiger partial charge in [0, 0.05) is 12.7 Å². The van der Waals surface area contributed by atoms with Crippen LogP contribution < -0.4 is 10.9 Å². The number of para-hydroxylation sites is 1. The highest BCUT2D eigenvalue weighted by Crippen LogP contribution is 2.22. The molecule has 7 heteroatoms. The number of pyridine rings is 1. The molecule has 0 spiro atoms. The molecule has 126 valence electrons. The molecule has 0 fully saturated rings. The van der Waals surface area contributed by atoms with Gasteiger partial charge in [0.25, 0.3) is 5.56 Å². The van der Waals surface area contributed by atoms with Gasteiger partial charge in [-0.1, -0.05) is 31.5 Å². The summed E-state index contributed by atoms with van der Waals surface area (Å²) in [5, 5.41) is 11.4. The van der Waals surface area contributed by atoms with E-state index in [-0.39, 0.29) is 5.56 Å². The fourth-order valence-corrected chi connectivity index (χ4v) is 2.87. The predicted octanol–water partition coefficient (Wildman–Crippen LogP) is 2.87. The van der Waals surface area contributed by atoms with Gasteiger partial charge >= 0.3 is 0 Å². The number of aromatic amines is 1. The summed E-state index contributed by atoms with van der Waals surface area (Å²) in [4.78, 5) is 22.0. The number of anilines is 1. The molecule has 3 aromatic heterocycles. The number of rotatable bonds is 5. The van der Waals surface area contributed by atoms with Crippen molar-refractivity contribution in [3.05, 3.63) is 53.1 Å². The highest BCUT2D eigenvalue weighted by atomic mass is 16.1. The monoisotopic (exact) mass is 334 g/mol. The van der Waals surface area contributed by atoms with Gasteiger partial charge in [0.2, 0.25) is 5.95 Å². The van der Waals surface area contributed by atoms with E-state index in [9.17, 15) is 4.79 Å². The van der Waals surface area contributed by atoms with Gasteiger partial charge in [0.1, 0.15) is 0 Å². The van der Waals surface area contributed by atoms with Crippen LogP contribution in [-0.2, 0) is 0 Å². The predicted molar refractivity (Wildman–Crippen MR) is 98.2 cm³/mol. The van der Waals surface area contributed by atoms with E-state index in [2.05, 4.69) is 32.4 Å². The summed E-state index contributed by atoms with van der Waals surface area (Å²) < 4.78 is 1.61. The molecule has 2 N–H and O–H groups in total. The van der Waals surface area contributed by atoms with Crippen molar-refractivity contribution in [2.75, 3.05) is 11.9 Å². The Morgan fingerprint density at radius 2 is 2.00 bits per heavy atom. The molecule has 0 amide bonds. The van der Waals surface area contributed by atoms with Gasteiger partial charge in [-0.2, -0.15) is 10.1 Å². The lowest BCUT2D eigenvalue weighted by Crippen LogP contribution is -2.20. The first-order valence-electron chi connectivity index (χ1n) is 8.33. The second kappa shape index (κ2) is 6.35. The van der Waals surface area contributed by atoms with E-state index in [4.69, 9.17) is 0 Å². The van der Waals surface area contributed by atoms with E-state index in [1.165, 1.54) is 0 Å². The summed E-state index contributed by atoms with van der Waals surface area (Å²) in [6.07, 6.45) is 5.40. The van der Waals surface area contributed by atoms with Gasteiger partial charge < -0.3 is 5.32 Å². The average Bonchev–Trinajstić information content (AvgIpc) is 3.13. The summed E-state index contributed by atoms with van der Waals surface area (Å²) in [6, 6.07) is 9.49. The Labute approximate surface area is 143 Å². The number of aromatic nitrogens is 5. The number of unbranched alkanes of at least 4 members (excludes halogenated alkanes) is 1. The van der Waals surface area contributed by atoms with Crippen molar-refractivity contribution in [1.29, 1.82) is 0 Å². The fraction of sp³-hybridized carbons (Fsp3) is 0.222. The topological polar surface area (TPSA) is 88.5 Å². The van der Waals surface area contributed by atoms with Gasteiger partial charge in [-0.25, -0.2) is 4.98 Å². The fourth-order valence-electron chi connectivity index (χ4n) is 2.87. The number of nitrogens with zero attached hydrogens (tertiary/aromatic N) is 4. The van der Waals surface area contributed by atoms with Crippen molar-refractivity contribution < 1.29 is 0 Å². The molecule has 3 heterocycles. The van der Waals surface area contributed by atoms with Crippen LogP contribution in [-0.4, -0.2) is 31.3 Å². The van der Waals surface area contributed by atoms with E-state index in [0.717, 1.165) is 30.5 Å². The number of nitrogens with one attached hydrogen (secondary N) is 2. The Balaban J connectivity index is 1.99. The number of hydrogen-bond donors (Lipinski definition) is 2. The molecule has 4 rings (SSSR count). The van der Waals surface area contributed by atoms with Crippen molar-refractivity contribution in [2.45, 2.75) is 19.8 Å². The molecular weight excluding hydrogens is 316 g/mol. The SMILES string of the molecule is CCCCNc1ncc2c3[nH]ncc3c(=O)n(-c3ccccc3)c2n1. The lowest BCUT2D eigenvalue weighted by molar-refractivity contribution is 0.826. The summed E-state index contributed by atoms with van der Waals surface area (Å²) in [6.45, 7) is 2.93. The average molecular weight is 334 g/mol. The molecule has 0 saturated carbocycles. The molecule has 4 aromatic rings.